The van der Waals surface area contributed by atoms with Gasteiger partial charge in [-0.05, 0) is 36.8 Å². The van der Waals surface area contributed by atoms with Gasteiger partial charge in [0.1, 0.15) is 0 Å². The number of amides is 1. The number of anilines is 1. The molecule has 23 heavy (non-hydrogen) atoms. The first-order chi connectivity index (χ1) is 11.1. The molecule has 2 aromatic rings. The van der Waals surface area contributed by atoms with Crippen LogP contribution in [-0.2, 0) is 14.3 Å². The second-order valence-corrected chi connectivity index (χ2v) is 5.64. The fraction of sp³-hybridized carbons (Fsp3) is 0.111. The van der Waals surface area contributed by atoms with Crippen molar-refractivity contribution in [2.45, 2.75) is 13.0 Å². The Bertz CT molecular complexity index is 713. The molecule has 0 aliphatic heterocycles. The second kappa shape index (κ2) is 8.29. The fourth-order valence-electron chi connectivity index (χ4n) is 1.80. The summed E-state index contributed by atoms with van der Waals surface area (Å²) in [6, 6.07) is 16.5. The van der Waals surface area contributed by atoms with Gasteiger partial charge in [0.15, 0.2) is 6.10 Å². The third-order valence-electron chi connectivity index (χ3n) is 3.01. The molecule has 0 saturated carbocycles. The molecule has 0 radical (unpaired) electrons. The van der Waals surface area contributed by atoms with E-state index in [-0.39, 0.29) is 5.91 Å². The predicted molar refractivity (Wildman–Crippen MR) is 93.8 cm³/mol. The molecule has 118 valence electrons. The molecule has 0 aromatic heterocycles. The molecule has 1 amide bonds. The number of esters is 1. The van der Waals surface area contributed by atoms with Gasteiger partial charge in [0, 0.05) is 16.2 Å². The molecule has 0 aliphatic rings. The summed E-state index contributed by atoms with van der Waals surface area (Å²) < 4.78 is 5.97. The number of benzene rings is 2. The number of hydrogen-bond acceptors (Lipinski definition) is 3. The van der Waals surface area contributed by atoms with Crippen molar-refractivity contribution < 1.29 is 14.3 Å². The number of hydrogen-bond donors (Lipinski definition) is 1. The molecule has 0 fully saturated rings. The van der Waals surface area contributed by atoms with Crippen molar-refractivity contribution in [2.24, 2.45) is 0 Å². The molecule has 0 heterocycles. The number of ether oxygens (including phenoxy) is 1. The van der Waals surface area contributed by atoms with Crippen LogP contribution in [0.3, 0.4) is 0 Å². The lowest BCUT2D eigenvalue weighted by Crippen LogP contribution is -2.29. The summed E-state index contributed by atoms with van der Waals surface area (Å²) in [6.45, 7) is 1.53. The molecule has 4 nitrogen and oxygen atoms in total. The number of rotatable bonds is 5. The Morgan fingerprint density at radius 2 is 1.74 bits per heavy atom. The Hall–Kier alpha value is -2.40. The van der Waals surface area contributed by atoms with Gasteiger partial charge in [0.2, 0.25) is 0 Å². The van der Waals surface area contributed by atoms with E-state index in [1.165, 1.54) is 13.0 Å². The van der Waals surface area contributed by atoms with Gasteiger partial charge in [0.25, 0.3) is 5.91 Å². The number of para-hydroxylation sites is 1. The van der Waals surface area contributed by atoms with Gasteiger partial charge in [-0.15, -0.1) is 0 Å². The van der Waals surface area contributed by atoms with Crippen LogP contribution < -0.4 is 5.32 Å². The molecule has 5 heteroatoms. The SMILES string of the molecule is C[C@@H](OC(=O)/C=C/c1ccccc1Br)C(=O)Nc1ccccc1. The average molecular weight is 374 g/mol. The largest absolute Gasteiger partial charge is 0.449 e. The minimum absolute atomic E-state index is 0.376. The van der Waals surface area contributed by atoms with E-state index in [0.29, 0.717) is 5.69 Å². The summed E-state index contributed by atoms with van der Waals surface area (Å²) in [5.41, 5.74) is 1.51. The highest BCUT2D eigenvalue weighted by Crippen LogP contribution is 2.17. The van der Waals surface area contributed by atoms with Gasteiger partial charge < -0.3 is 10.1 Å². The predicted octanol–water partition coefficient (Wildman–Crippen LogP) is 4.03. The van der Waals surface area contributed by atoms with Crippen LogP contribution in [0.4, 0.5) is 5.69 Å². The molecule has 0 bridgehead atoms. The number of halogens is 1. The third-order valence-corrected chi connectivity index (χ3v) is 3.73. The molecule has 2 rings (SSSR count). The fourth-order valence-corrected chi connectivity index (χ4v) is 2.22. The highest BCUT2D eigenvalue weighted by Gasteiger charge is 2.16. The van der Waals surface area contributed by atoms with Crippen LogP contribution in [0.25, 0.3) is 6.08 Å². The van der Waals surface area contributed by atoms with Crippen molar-refractivity contribution in [2.75, 3.05) is 5.32 Å². The van der Waals surface area contributed by atoms with Crippen molar-refractivity contribution in [3.8, 4) is 0 Å². The third kappa shape index (κ3) is 5.38. The molecule has 0 saturated heterocycles. The lowest BCUT2D eigenvalue weighted by Gasteiger charge is -2.12. The van der Waals surface area contributed by atoms with Crippen molar-refractivity contribution in [1.82, 2.24) is 0 Å². The van der Waals surface area contributed by atoms with Crippen molar-refractivity contribution >= 4 is 39.6 Å². The summed E-state index contributed by atoms with van der Waals surface area (Å²) in [5.74, 6) is -0.949. The van der Waals surface area contributed by atoms with Crippen LogP contribution in [0.2, 0.25) is 0 Å². The monoisotopic (exact) mass is 373 g/mol. The number of nitrogens with one attached hydrogen (secondary N) is 1. The lowest BCUT2D eigenvalue weighted by molar-refractivity contribution is -0.148. The smallest absolute Gasteiger partial charge is 0.331 e. The molecule has 0 spiro atoms. The molecular formula is C18H16BrNO3. The summed E-state index contributed by atoms with van der Waals surface area (Å²) in [6.07, 6.45) is 2.05. The Labute approximate surface area is 143 Å². The van der Waals surface area contributed by atoms with Crippen LogP contribution >= 0.6 is 15.9 Å². The van der Waals surface area contributed by atoms with Crippen LogP contribution in [0.15, 0.2) is 65.1 Å². The molecule has 1 atom stereocenters. The van der Waals surface area contributed by atoms with Crippen molar-refractivity contribution in [1.29, 1.82) is 0 Å². The van der Waals surface area contributed by atoms with Crippen molar-refractivity contribution in [3.05, 3.63) is 70.7 Å². The highest BCUT2D eigenvalue weighted by atomic mass is 79.9. The van der Waals surface area contributed by atoms with E-state index in [1.54, 1.807) is 18.2 Å². The average Bonchev–Trinajstić information content (AvgIpc) is 2.55. The maximum atomic E-state index is 12.0. The van der Waals surface area contributed by atoms with E-state index in [0.717, 1.165) is 10.0 Å². The lowest BCUT2D eigenvalue weighted by atomic mass is 10.2. The zero-order valence-electron chi connectivity index (χ0n) is 12.5. The summed E-state index contributed by atoms with van der Waals surface area (Å²) >= 11 is 3.39. The second-order valence-electron chi connectivity index (χ2n) is 4.79. The van der Waals surface area contributed by atoms with Gasteiger partial charge in [-0.2, -0.15) is 0 Å². The Kier molecular flexibility index (Phi) is 6.11. The standard InChI is InChI=1S/C18H16BrNO3/c1-13(18(22)20-15-8-3-2-4-9-15)23-17(21)12-11-14-7-5-6-10-16(14)19/h2-13H,1H3,(H,20,22)/b12-11+/t13-/m1/s1. The first-order valence-corrected chi connectivity index (χ1v) is 7.84. The van der Waals surface area contributed by atoms with Crippen LogP contribution in [-0.4, -0.2) is 18.0 Å². The number of carbonyl (C=O) groups excluding carboxylic acids is 2. The topological polar surface area (TPSA) is 55.4 Å². The molecule has 0 aliphatic carbocycles. The summed E-state index contributed by atoms with van der Waals surface area (Å²) in [7, 11) is 0. The van der Waals surface area contributed by atoms with Crippen LogP contribution in [0.5, 0.6) is 0 Å². The van der Waals surface area contributed by atoms with E-state index in [9.17, 15) is 9.59 Å². The van der Waals surface area contributed by atoms with E-state index >= 15 is 0 Å². The van der Waals surface area contributed by atoms with E-state index in [1.807, 2.05) is 42.5 Å². The Morgan fingerprint density at radius 3 is 2.43 bits per heavy atom. The maximum Gasteiger partial charge on any atom is 0.331 e. The first kappa shape index (κ1) is 17.0. The van der Waals surface area contributed by atoms with Gasteiger partial charge >= 0.3 is 5.97 Å². The first-order valence-electron chi connectivity index (χ1n) is 7.05. The van der Waals surface area contributed by atoms with E-state index in [4.69, 9.17) is 4.74 Å². The molecular weight excluding hydrogens is 358 g/mol. The molecule has 1 N–H and O–H groups in total. The quantitative estimate of drug-likeness (QED) is 0.635. The van der Waals surface area contributed by atoms with Gasteiger partial charge in [0.05, 0.1) is 0 Å². The van der Waals surface area contributed by atoms with Gasteiger partial charge in [-0.3, -0.25) is 4.79 Å². The highest BCUT2D eigenvalue weighted by molar-refractivity contribution is 9.10. The molecule has 0 unspecified atom stereocenters. The summed E-state index contributed by atoms with van der Waals surface area (Å²) in [5, 5.41) is 2.68. The van der Waals surface area contributed by atoms with Crippen molar-refractivity contribution in [3.63, 3.8) is 0 Å². The van der Waals surface area contributed by atoms with Crippen LogP contribution in [0, 0.1) is 0 Å². The minimum atomic E-state index is -0.883. The Balaban J connectivity index is 1.89. The zero-order chi connectivity index (χ0) is 16.7. The van der Waals surface area contributed by atoms with Crippen LogP contribution in [0.1, 0.15) is 12.5 Å². The summed E-state index contributed by atoms with van der Waals surface area (Å²) in [4.78, 5) is 23.7. The van der Waals surface area contributed by atoms with E-state index in [2.05, 4.69) is 21.2 Å². The normalized spacial score (nSPS) is 11.9. The molecule has 2 aromatic carbocycles. The maximum absolute atomic E-state index is 12.0. The van der Waals surface area contributed by atoms with Gasteiger partial charge in [-0.25, -0.2) is 4.79 Å². The minimum Gasteiger partial charge on any atom is -0.449 e. The number of carbonyl (C=O) groups is 2. The van der Waals surface area contributed by atoms with E-state index < -0.39 is 12.1 Å². The van der Waals surface area contributed by atoms with Gasteiger partial charge in [-0.1, -0.05) is 52.3 Å². The zero-order valence-corrected chi connectivity index (χ0v) is 14.1. The Morgan fingerprint density at radius 1 is 1.09 bits per heavy atom.